The third-order valence-corrected chi connectivity index (χ3v) is 6.03. The zero-order valence-corrected chi connectivity index (χ0v) is 16.8. The molecule has 3 heterocycles. The van der Waals surface area contributed by atoms with Crippen molar-refractivity contribution < 1.29 is 20.1 Å². The van der Waals surface area contributed by atoms with Crippen LogP contribution in [0.3, 0.4) is 0 Å². The average Bonchev–Trinajstić information content (AvgIpc) is 3.18. The van der Waals surface area contributed by atoms with E-state index in [-0.39, 0.29) is 5.84 Å². The molecule has 0 radical (unpaired) electrons. The highest BCUT2D eigenvalue weighted by Gasteiger charge is 2.54. The highest BCUT2D eigenvalue weighted by atomic mass is 127. The van der Waals surface area contributed by atoms with E-state index in [0.717, 1.165) is 9.13 Å². The summed E-state index contributed by atoms with van der Waals surface area (Å²) in [6, 6.07) is 5.57. The summed E-state index contributed by atoms with van der Waals surface area (Å²) in [4.78, 5) is 14.3. The third kappa shape index (κ3) is 2.93. The number of anilines is 1. The van der Waals surface area contributed by atoms with Crippen molar-refractivity contribution in [2.45, 2.75) is 36.5 Å². The SMILES string of the molecule is N=C1N=CN=C2N([C@@H]3O[C@H](CO)[C@@H](O)[C@H]3O)C=NC12Cc1ccc(N)c(I)c1. The highest BCUT2D eigenvalue weighted by Crippen LogP contribution is 2.34. The molecule has 3 aliphatic rings. The fraction of sp³-hybridized carbons (Fsp3) is 0.412. The first kappa shape index (κ1) is 19.4. The van der Waals surface area contributed by atoms with Crippen LogP contribution in [0.5, 0.6) is 0 Å². The number of amidine groups is 2. The standard InChI is InChI=1S/C17H19IN6O4/c18-9-3-8(1-2-10(9)19)4-17-15(20)21-6-22-16(17)24(7-23-17)14-13(27)12(26)11(5-25)28-14/h1-3,6-7,11-14,20,25-27H,4-5,19H2/t11-,12-,13-,14-,17?/m1/s1. The minimum Gasteiger partial charge on any atom is -0.398 e. The second-order valence-corrected chi connectivity index (χ2v) is 7.98. The number of nitrogens with one attached hydrogen (secondary N) is 1. The van der Waals surface area contributed by atoms with Crippen LogP contribution in [0.2, 0.25) is 0 Å². The fourth-order valence-corrected chi connectivity index (χ4v) is 4.14. The van der Waals surface area contributed by atoms with E-state index in [4.69, 9.17) is 15.9 Å². The fourth-order valence-electron chi connectivity index (χ4n) is 3.56. The molecule has 1 aromatic carbocycles. The molecule has 11 heteroatoms. The topological polar surface area (TPSA) is 160 Å². The Morgan fingerprint density at radius 3 is 2.79 bits per heavy atom. The molecule has 10 nitrogen and oxygen atoms in total. The summed E-state index contributed by atoms with van der Waals surface area (Å²) < 4.78 is 6.49. The Morgan fingerprint density at radius 1 is 1.32 bits per heavy atom. The molecule has 0 aliphatic carbocycles. The lowest BCUT2D eigenvalue weighted by Gasteiger charge is -2.33. The lowest BCUT2D eigenvalue weighted by molar-refractivity contribution is -0.0511. The zero-order valence-electron chi connectivity index (χ0n) is 14.6. The Hall–Kier alpha value is -1.93. The molecule has 0 amide bonds. The van der Waals surface area contributed by atoms with Crippen molar-refractivity contribution in [2.24, 2.45) is 15.0 Å². The zero-order chi connectivity index (χ0) is 20.1. The van der Waals surface area contributed by atoms with Gasteiger partial charge in [-0.2, -0.15) is 0 Å². The van der Waals surface area contributed by atoms with Crippen LogP contribution in [-0.4, -0.2) is 81.3 Å². The molecule has 6 N–H and O–H groups in total. The largest absolute Gasteiger partial charge is 0.398 e. The lowest BCUT2D eigenvalue weighted by atomic mass is 9.88. The van der Waals surface area contributed by atoms with Gasteiger partial charge in [0.05, 0.1) is 12.9 Å². The third-order valence-electron chi connectivity index (χ3n) is 5.09. The van der Waals surface area contributed by atoms with Crippen LogP contribution >= 0.6 is 22.6 Å². The van der Waals surface area contributed by atoms with Crippen molar-refractivity contribution in [2.75, 3.05) is 12.3 Å². The summed E-state index contributed by atoms with van der Waals surface area (Å²) in [5, 5.41) is 38.2. The molecule has 4 rings (SSSR count). The number of rotatable bonds is 4. The van der Waals surface area contributed by atoms with E-state index in [1.54, 1.807) is 6.07 Å². The number of fused-ring (bicyclic) bond motifs is 1. The number of aliphatic imine (C=N–C) groups is 3. The molecular formula is C17H19IN6O4. The number of nitrogens with zero attached hydrogens (tertiary/aromatic N) is 4. The van der Waals surface area contributed by atoms with Crippen molar-refractivity contribution in [1.82, 2.24) is 4.90 Å². The van der Waals surface area contributed by atoms with E-state index in [1.807, 2.05) is 12.1 Å². The van der Waals surface area contributed by atoms with Crippen LogP contribution in [-0.2, 0) is 11.2 Å². The first-order valence-electron chi connectivity index (χ1n) is 8.57. The molecule has 1 unspecified atom stereocenters. The lowest BCUT2D eigenvalue weighted by Crippen LogP contribution is -2.54. The molecule has 0 saturated carbocycles. The maximum Gasteiger partial charge on any atom is 0.183 e. The first-order chi connectivity index (χ1) is 13.4. The Kier molecular flexibility index (Phi) is 4.95. The molecule has 28 heavy (non-hydrogen) atoms. The van der Waals surface area contributed by atoms with Gasteiger partial charge in [0.25, 0.3) is 0 Å². The normalized spacial score (nSPS) is 34.1. The summed E-state index contributed by atoms with van der Waals surface area (Å²) in [5.74, 6) is 0.379. The molecule has 1 fully saturated rings. The van der Waals surface area contributed by atoms with E-state index in [1.165, 1.54) is 17.6 Å². The predicted octanol–water partition coefficient (Wildman–Crippen LogP) is -0.645. The van der Waals surface area contributed by atoms with Crippen molar-refractivity contribution in [3.05, 3.63) is 27.3 Å². The van der Waals surface area contributed by atoms with Gasteiger partial charge in [-0.15, -0.1) is 0 Å². The second-order valence-electron chi connectivity index (χ2n) is 6.82. The number of hydrogen-bond donors (Lipinski definition) is 5. The van der Waals surface area contributed by atoms with Gasteiger partial charge in [-0.25, -0.2) is 9.98 Å². The van der Waals surface area contributed by atoms with E-state index < -0.39 is 36.7 Å². The Labute approximate surface area is 174 Å². The maximum atomic E-state index is 10.4. The number of benzene rings is 1. The van der Waals surface area contributed by atoms with Gasteiger partial charge in [-0.3, -0.25) is 15.3 Å². The molecule has 1 saturated heterocycles. The van der Waals surface area contributed by atoms with Crippen LogP contribution in [0.4, 0.5) is 5.69 Å². The van der Waals surface area contributed by atoms with Crippen LogP contribution in [0.15, 0.2) is 33.2 Å². The van der Waals surface area contributed by atoms with Crippen molar-refractivity contribution in [1.29, 1.82) is 5.41 Å². The monoisotopic (exact) mass is 498 g/mol. The molecular weight excluding hydrogens is 479 g/mol. The van der Waals surface area contributed by atoms with Gasteiger partial charge >= 0.3 is 0 Å². The molecule has 0 spiro atoms. The minimum atomic E-state index is -1.27. The number of aliphatic hydroxyl groups excluding tert-OH is 3. The van der Waals surface area contributed by atoms with Crippen LogP contribution in [0, 0.1) is 8.98 Å². The number of aliphatic hydroxyl groups is 3. The van der Waals surface area contributed by atoms with Crippen molar-refractivity contribution >= 4 is 52.6 Å². The summed E-state index contributed by atoms with van der Waals surface area (Å²) >= 11 is 2.14. The van der Waals surface area contributed by atoms with Gasteiger partial charge in [0, 0.05) is 15.7 Å². The van der Waals surface area contributed by atoms with Gasteiger partial charge in [0.2, 0.25) is 0 Å². The van der Waals surface area contributed by atoms with E-state index in [0.29, 0.717) is 17.9 Å². The summed E-state index contributed by atoms with van der Waals surface area (Å²) in [7, 11) is 0. The minimum absolute atomic E-state index is 0.00910. The second kappa shape index (κ2) is 7.15. The summed E-state index contributed by atoms with van der Waals surface area (Å²) in [6.45, 7) is -0.432. The van der Waals surface area contributed by atoms with Crippen LogP contribution in [0.25, 0.3) is 0 Å². The molecule has 3 aliphatic heterocycles. The van der Waals surface area contributed by atoms with Crippen molar-refractivity contribution in [3.8, 4) is 0 Å². The van der Waals surface area contributed by atoms with Gasteiger partial charge in [-0.05, 0) is 40.3 Å². The number of nitrogen functional groups attached to an aromatic ring is 1. The van der Waals surface area contributed by atoms with Crippen molar-refractivity contribution in [3.63, 3.8) is 0 Å². The summed E-state index contributed by atoms with van der Waals surface area (Å²) in [6.07, 6.45) is -1.40. The Bertz CT molecular complexity index is 906. The maximum absolute atomic E-state index is 10.4. The van der Waals surface area contributed by atoms with Crippen LogP contribution in [0.1, 0.15) is 5.56 Å². The quantitative estimate of drug-likeness (QED) is 0.274. The van der Waals surface area contributed by atoms with Gasteiger partial charge in [0.15, 0.2) is 17.6 Å². The average molecular weight is 498 g/mol. The van der Waals surface area contributed by atoms with Gasteiger partial charge in [-0.1, -0.05) is 6.07 Å². The number of ether oxygens (including phenoxy) is 1. The number of nitrogens with two attached hydrogens (primary N) is 1. The Morgan fingerprint density at radius 2 is 2.11 bits per heavy atom. The first-order valence-corrected chi connectivity index (χ1v) is 9.65. The van der Waals surface area contributed by atoms with E-state index >= 15 is 0 Å². The smallest absolute Gasteiger partial charge is 0.183 e. The number of halogens is 1. The predicted molar refractivity (Wildman–Crippen MR) is 112 cm³/mol. The molecule has 148 valence electrons. The van der Waals surface area contributed by atoms with E-state index in [9.17, 15) is 15.3 Å². The van der Waals surface area contributed by atoms with Gasteiger partial charge < -0.3 is 25.8 Å². The van der Waals surface area contributed by atoms with E-state index in [2.05, 4.69) is 37.6 Å². The molecule has 0 aromatic heterocycles. The van der Waals surface area contributed by atoms with Crippen LogP contribution < -0.4 is 5.73 Å². The number of hydrogen-bond acceptors (Lipinski definition) is 9. The summed E-state index contributed by atoms with van der Waals surface area (Å²) in [5.41, 5.74) is 6.28. The van der Waals surface area contributed by atoms with Gasteiger partial charge in [0.1, 0.15) is 30.5 Å². The molecule has 5 atom stereocenters. The molecule has 0 bridgehead atoms. The Balaban J connectivity index is 1.67. The highest BCUT2D eigenvalue weighted by molar-refractivity contribution is 14.1. The molecule has 1 aromatic rings.